The third kappa shape index (κ3) is 6.67. The summed E-state index contributed by atoms with van der Waals surface area (Å²) in [6, 6.07) is 20.2. The summed E-state index contributed by atoms with van der Waals surface area (Å²) in [5.41, 5.74) is 1.69. The molecule has 5 rings (SSSR count). The maximum Gasteiger partial charge on any atom is 0.269 e. The second-order valence-electron chi connectivity index (χ2n) is 8.47. The van der Waals surface area contributed by atoms with E-state index < -0.39 is 10.8 Å². The lowest BCUT2D eigenvalue weighted by Gasteiger charge is -2.12. The van der Waals surface area contributed by atoms with Gasteiger partial charge in [-0.15, -0.1) is 10.2 Å². The zero-order chi connectivity index (χ0) is 28.8. The van der Waals surface area contributed by atoms with Crippen LogP contribution in [0.25, 0.3) is 15.9 Å². The lowest BCUT2D eigenvalue weighted by Crippen LogP contribution is -2.24. The van der Waals surface area contributed by atoms with E-state index in [1.54, 1.807) is 4.57 Å². The summed E-state index contributed by atoms with van der Waals surface area (Å²) >= 11 is 2.59. The smallest absolute Gasteiger partial charge is 0.269 e. The van der Waals surface area contributed by atoms with Gasteiger partial charge in [0.2, 0.25) is 5.91 Å². The Labute approximate surface area is 241 Å². The summed E-state index contributed by atoms with van der Waals surface area (Å²) in [5.74, 6) is 0.509. The summed E-state index contributed by atoms with van der Waals surface area (Å²) in [6.07, 6.45) is 0. The van der Waals surface area contributed by atoms with Gasteiger partial charge in [0.25, 0.3) is 11.6 Å². The minimum Gasteiger partial charge on any atom is -0.494 e. The molecule has 2 N–H and O–H groups in total. The molecule has 3 aromatic carbocycles. The van der Waals surface area contributed by atoms with Crippen LogP contribution in [-0.2, 0) is 11.3 Å². The molecular weight excluding hydrogens is 566 g/mol. The Bertz CT molecular complexity index is 1670. The fourth-order valence-electron chi connectivity index (χ4n) is 3.83. The van der Waals surface area contributed by atoms with Gasteiger partial charge >= 0.3 is 0 Å². The Morgan fingerprint density at radius 3 is 2.51 bits per heavy atom. The van der Waals surface area contributed by atoms with Crippen LogP contribution in [-0.4, -0.2) is 48.8 Å². The largest absolute Gasteiger partial charge is 0.494 e. The monoisotopic (exact) mass is 589 g/mol. The molecule has 0 fully saturated rings. The molecule has 41 heavy (non-hydrogen) atoms. The summed E-state index contributed by atoms with van der Waals surface area (Å²) in [4.78, 5) is 40.2. The van der Waals surface area contributed by atoms with Gasteiger partial charge in [0.15, 0.2) is 16.1 Å². The van der Waals surface area contributed by atoms with Crippen molar-refractivity contribution >= 4 is 55.9 Å². The maximum absolute atomic E-state index is 12.7. The van der Waals surface area contributed by atoms with Crippen LogP contribution < -0.4 is 15.4 Å². The third-order valence-electron chi connectivity index (χ3n) is 5.73. The highest BCUT2D eigenvalue weighted by molar-refractivity contribution is 7.99. The predicted molar refractivity (Wildman–Crippen MR) is 156 cm³/mol. The van der Waals surface area contributed by atoms with Crippen molar-refractivity contribution in [3.8, 4) is 11.4 Å². The summed E-state index contributed by atoms with van der Waals surface area (Å²) in [6.45, 7) is 2.44. The molecule has 0 bridgehead atoms. The van der Waals surface area contributed by atoms with E-state index in [9.17, 15) is 19.7 Å². The molecular formula is C27H23N7O5S2. The number of carbonyl (C=O) groups excluding carboxylic acids is 2. The van der Waals surface area contributed by atoms with Crippen molar-refractivity contribution in [3.05, 3.63) is 94.3 Å². The predicted octanol–water partition coefficient (Wildman–Crippen LogP) is 4.84. The number of amides is 2. The molecule has 14 heteroatoms. The number of nitrogens with zero attached hydrogens (tertiary/aromatic N) is 5. The molecule has 2 amide bonds. The van der Waals surface area contributed by atoms with Gasteiger partial charge in [0.1, 0.15) is 5.75 Å². The number of para-hydroxylation sites is 1. The molecule has 2 aromatic heterocycles. The molecule has 0 atom stereocenters. The highest BCUT2D eigenvalue weighted by Gasteiger charge is 2.18. The summed E-state index contributed by atoms with van der Waals surface area (Å²) in [5, 5.41) is 26.0. The molecule has 0 spiro atoms. The van der Waals surface area contributed by atoms with Gasteiger partial charge in [-0.05, 0) is 55.5 Å². The first-order chi connectivity index (χ1) is 19.9. The number of fused-ring (bicyclic) bond motifs is 1. The molecule has 2 heterocycles. The van der Waals surface area contributed by atoms with Crippen LogP contribution in [0, 0.1) is 10.1 Å². The molecule has 5 aromatic rings. The highest BCUT2D eigenvalue weighted by atomic mass is 32.2. The van der Waals surface area contributed by atoms with Gasteiger partial charge in [0, 0.05) is 23.4 Å². The Morgan fingerprint density at radius 1 is 1.05 bits per heavy atom. The molecule has 12 nitrogen and oxygen atoms in total. The van der Waals surface area contributed by atoms with E-state index in [4.69, 9.17) is 4.74 Å². The van der Waals surface area contributed by atoms with Gasteiger partial charge in [-0.3, -0.25) is 24.3 Å². The number of hydrogen-bond donors (Lipinski definition) is 2. The number of nitro groups is 1. The maximum atomic E-state index is 12.7. The zero-order valence-corrected chi connectivity index (χ0v) is 23.3. The second-order valence-corrected chi connectivity index (χ2v) is 10.4. The number of aromatic nitrogens is 4. The van der Waals surface area contributed by atoms with E-state index in [0.29, 0.717) is 34.2 Å². The van der Waals surface area contributed by atoms with Crippen LogP contribution in [0.5, 0.6) is 5.75 Å². The standard InChI is InChI=1S/C27H23N7O5S2/c1-2-39-20-13-11-18(12-14-20)33-23(15-28-25(36)17-7-9-19(10-8-17)34(37)38)31-32-27(33)40-16-24(35)30-26-29-21-5-3-4-6-22(21)41-26/h3-14H,2,15-16H2,1H3,(H,28,36)(H,29,30,35). The number of benzene rings is 3. The molecule has 0 saturated heterocycles. The van der Waals surface area contributed by atoms with Crippen LogP contribution in [0.2, 0.25) is 0 Å². The molecule has 0 aliphatic rings. The molecule has 0 saturated carbocycles. The number of nitrogens with one attached hydrogen (secondary N) is 2. The first-order valence-corrected chi connectivity index (χ1v) is 14.2. The fourth-order valence-corrected chi connectivity index (χ4v) is 5.49. The van der Waals surface area contributed by atoms with Crippen molar-refractivity contribution in [1.82, 2.24) is 25.1 Å². The minimum atomic E-state index is -0.528. The Hall–Kier alpha value is -4.82. The van der Waals surface area contributed by atoms with Crippen LogP contribution in [0.3, 0.4) is 0 Å². The van der Waals surface area contributed by atoms with Gasteiger partial charge in [-0.1, -0.05) is 35.2 Å². The van der Waals surface area contributed by atoms with Crippen LogP contribution in [0.15, 0.2) is 78.0 Å². The number of nitro benzene ring substituents is 1. The number of anilines is 1. The normalized spacial score (nSPS) is 10.9. The first kappa shape index (κ1) is 27.7. The average Bonchev–Trinajstić information content (AvgIpc) is 3.58. The first-order valence-electron chi connectivity index (χ1n) is 12.4. The molecule has 208 valence electrons. The number of thiazole rings is 1. The van der Waals surface area contributed by atoms with Gasteiger partial charge < -0.3 is 15.4 Å². The van der Waals surface area contributed by atoms with Crippen molar-refractivity contribution in [2.45, 2.75) is 18.6 Å². The lowest BCUT2D eigenvalue weighted by atomic mass is 10.2. The zero-order valence-electron chi connectivity index (χ0n) is 21.6. The molecule has 0 radical (unpaired) electrons. The third-order valence-corrected chi connectivity index (χ3v) is 7.61. The molecule has 0 unspecified atom stereocenters. The number of non-ortho nitro benzene ring substituents is 1. The number of rotatable bonds is 11. The number of ether oxygens (including phenoxy) is 1. The summed E-state index contributed by atoms with van der Waals surface area (Å²) in [7, 11) is 0. The van der Waals surface area contributed by atoms with Crippen molar-refractivity contribution in [1.29, 1.82) is 0 Å². The van der Waals surface area contributed by atoms with Gasteiger partial charge in [0.05, 0.1) is 34.0 Å². The highest BCUT2D eigenvalue weighted by Crippen LogP contribution is 2.27. The SMILES string of the molecule is CCOc1ccc(-n2c(CNC(=O)c3ccc([N+](=O)[O-])cc3)nnc2SCC(=O)Nc2nc3ccccc3s2)cc1. The Morgan fingerprint density at radius 2 is 1.80 bits per heavy atom. The van der Waals surface area contributed by atoms with Crippen molar-refractivity contribution in [3.63, 3.8) is 0 Å². The Kier molecular flexibility index (Phi) is 8.50. The van der Waals surface area contributed by atoms with Gasteiger partial charge in [-0.2, -0.15) is 0 Å². The summed E-state index contributed by atoms with van der Waals surface area (Å²) < 4.78 is 8.27. The van der Waals surface area contributed by atoms with Crippen LogP contribution >= 0.6 is 23.1 Å². The van der Waals surface area contributed by atoms with E-state index in [0.717, 1.165) is 10.2 Å². The van der Waals surface area contributed by atoms with Gasteiger partial charge in [-0.25, -0.2) is 4.98 Å². The quantitative estimate of drug-likeness (QED) is 0.125. The number of carbonyl (C=O) groups is 2. The van der Waals surface area contributed by atoms with E-state index >= 15 is 0 Å². The number of hydrogen-bond acceptors (Lipinski definition) is 10. The topological polar surface area (TPSA) is 154 Å². The van der Waals surface area contributed by atoms with E-state index in [-0.39, 0.29) is 29.5 Å². The van der Waals surface area contributed by atoms with E-state index in [2.05, 4.69) is 25.8 Å². The second kappa shape index (κ2) is 12.6. The number of thioether (sulfide) groups is 1. The Balaban J connectivity index is 1.31. The van der Waals surface area contributed by atoms with Crippen LogP contribution in [0.4, 0.5) is 10.8 Å². The molecule has 0 aliphatic carbocycles. The van der Waals surface area contributed by atoms with E-state index in [1.165, 1.54) is 47.4 Å². The minimum absolute atomic E-state index is 0.0223. The van der Waals surface area contributed by atoms with Crippen molar-refractivity contribution in [2.24, 2.45) is 0 Å². The van der Waals surface area contributed by atoms with Crippen LogP contribution in [0.1, 0.15) is 23.1 Å². The molecule has 0 aliphatic heterocycles. The lowest BCUT2D eigenvalue weighted by molar-refractivity contribution is -0.384. The van der Waals surface area contributed by atoms with Crippen molar-refractivity contribution < 1.29 is 19.2 Å². The van der Waals surface area contributed by atoms with Crippen molar-refractivity contribution in [2.75, 3.05) is 17.7 Å². The average molecular weight is 590 g/mol. The fraction of sp³-hybridized carbons (Fsp3) is 0.148. The van der Waals surface area contributed by atoms with E-state index in [1.807, 2.05) is 55.5 Å².